The van der Waals surface area contributed by atoms with Gasteiger partial charge in [0, 0.05) is 27.8 Å². The molecule has 138 valence electrons. The van der Waals surface area contributed by atoms with Gasteiger partial charge >= 0.3 is 6.18 Å². The quantitative estimate of drug-likeness (QED) is 0.263. The average molecular weight is 405 g/mol. The first-order valence-electron chi connectivity index (χ1n) is 7.12. The fraction of sp³-hybridized carbons (Fsp3) is 0.125. The maximum atomic E-state index is 12.9. The summed E-state index contributed by atoms with van der Waals surface area (Å²) in [6, 6.07) is 7.49. The molecule has 10 heteroatoms. The largest absolute Gasteiger partial charge is 0.416 e. The number of halogens is 5. The molecule has 5 N–H and O–H groups in total. The maximum absolute atomic E-state index is 12.9. The van der Waals surface area contributed by atoms with E-state index in [4.69, 9.17) is 34.5 Å². The van der Waals surface area contributed by atoms with Crippen molar-refractivity contribution in [1.82, 2.24) is 5.43 Å². The fourth-order valence-electron chi connectivity index (χ4n) is 2.13. The van der Waals surface area contributed by atoms with E-state index in [-0.39, 0.29) is 17.8 Å². The van der Waals surface area contributed by atoms with Crippen LogP contribution in [0, 0.1) is 5.41 Å². The molecule has 26 heavy (non-hydrogen) atoms. The van der Waals surface area contributed by atoms with Crippen LogP contribution in [0.3, 0.4) is 0 Å². The number of anilines is 1. The van der Waals surface area contributed by atoms with Crippen LogP contribution in [0.4, 0.5) is 18.9 Å². The summed E-state index contributed by atoms with van der Waals surface area (Å²) >= 11 is 11.9. The Kier molecular flexibility index (Phi) is 6.12. The van der Waals surface area contributed by atoms with Gasteiger partial charge < -0.3 is 5.32 Å². The predicted octanol–water partition coefficient (Wildman–Crippen LogP) is 3.98. The summed E-state index contributed by atoms with van der Waals surface area (Å²) in [5, 5.41) is 11.5. The number of alkyl halides is 3. The Balaban J connectivity index is 2.37. The lowest BCUT2D eigenvalue weighted by Crippen LogP contribution is -2.36. The Morgan fingerprint density at radius 1 is 1.15 bits per heavy atom. The van der Waals surface area contributed by atoms with E-state index >= 15 is 0 Å². The molecule has 0 fully saturated rings. The van der Waals surface area contributed by atoms with Gasteiger partial charge in [-0.1, -0.05) is 29.3 Å². The maximum Gasteiger partial charge on any atom is 0.416 e. The molecule has 1 amide bonds. The first-order valence-corrected chi connectivity index (χ1v) is 7.88. The lowest BCUT2D eigenvalue weighted by atomic mass is 10.0. The van der Waals surface area contributed by atoms with E-state index < -0.39 is 23.4 Å². The minimum atomic E-state index is -4.62. The van der Waals surface area contributed by atoms with Crippen LogP contribution in [-0.4, -0.2) is 11.6 Å². The van der Waals surface area contributed by atoms with Gasteiger partial charge in [0.1, 0.15) is 5.71 Å². The van der Waals surface area contributed by atoms with Crippen LogP contribution in [0.1, 0.15) is 16.7 Å². The second-order valence-electron chi connectivity index (χ2n) is 5.20. The standard InChI is InChI=1S/C16H13Cl2F3N4O/c17-10-3-1-8(12(18)6-10)7-24-13-4-2-9(16(19,20)21)5-11(13)14(22)15(26)25-23/h1-6,22,24H,7,23H2,(H,25,26). The highest BCUT2D eigenvalue weighted by Gasteiger charge is 2.32. The molecule has 2 rings (SSSR count). The second-order valence-corrected chi connectivity index (χ2v) is 6.04. The topological polar surface area (TPSA) is 91.0 Å². The van der Waals surface area contributed by atoms with Crippen molar-refractivity contribution < 1.29 is 18.0 Å². The Hall–Kier alpha value is -2.29. The zero-order valence-electron chi connectivity index (χ0n) is 13.0. The van der Waals surface area contributed by atoms with Crippen LogP contribution in [0.25, 0.3) is 0 Å². The van der Waals surface area contributed by atoms with Gasteiger partial charge in [0.2, 0.25) is 0 Å². The van der Waals surface area contributed by atoms with E-state index in [0.717, 1.165) is 12.1 Å². The van der Waals surface area contributed by atoms with E-state index in [1.807, 2.05) is 0 Å². The molecule has 0 unspecified atom stereocenters. The van der Waals surface area contributed by atoms with Crippen LogP contribution < -0.4 is 16.6 Å². The van der Waals surface area contributed by atoms with Gasteiger partial charge in [-0.3, -0.25) is 15.6 Å². The normalized spacial score (nSPS) is 11.2. The summed E-state index contributed by atoms with van der Waals surface area (Å²) in [6.07, 6.45) is -4.62. The van der Waals surface area contributed by atoms with Gasteiger partial charge in [-0.15, -0.1) is 0 Å². The SMILES string of the molecule is N=C(C(=O)NN)c1cc(C(F)(F)F)ccc1NCc1ccc(Cl)cc1Cl. The number of hydrogen-bond donors (Lipinski definition) is 4. The number of nitrogens with two attached hydrogens (primary N) is 1. The fourth-order valence-corrected chi connectivity index (χ4v) is 2.61. The lowest BCUT2D eigenvalue weighted by Gasteiger charge is -2.16. The monoisotopic (exact) mass is 404 g/mol. The number of carbonyl (C=O) groups excluding carboxylic acids is 1. The van der Waals surface area contributed by atoms with Crippen LogP contribution in [0.2, 0.25) is 10.0 Å². The predicted molar refractivity (Wildman–Crippen MR) is 94.4 cm³/mol. The highest BCUT2D eigenvalue weighted by atomic mass is 35.5. The van der Waals surface area contributed by atoms with Gasteiger partial charge in [0.25, 0.3) is 5.91 Å². The van der Waals surface area contributed by atoms with Crippen molar-refractivity contribution in [2.45, 2.75) is 12.7 Å². The Bertz CT molecular complexity index is 856. The summed E-state index contributed by atoms with van der Waals surface area (Å²) in [5.74, 6) is 3.95. The minimum absolute atomic E-state index is 0.145. The van der Waals surface area contributed by atoms with E-state index in [2.05, 4.69) is 5.32 Å². The van der Waals surface area contributed by atoms with Crippen molar-refractivity contribution in [3.63, 3.8) is 0 Å². The van der Waals surface area contributed by atoms with Crippen LogP contribution in [0.5, 0.6) is 0 Å². The number of rotatable bonds is 5. The second kappa shape index (κ2) is 7.94. The first kappa shape index (κ1) is 20.0. The van der Waals surface area contributed by atoms with E-state index in [1.54, 1.807) is 17.6 Å². The molecule has 0 aromatic heterocycles. The smallest absolute Gasteiger partial charge is 0.380 e. The Labute approximate surface area is 156 Å². The highest BCUT2D eigenvalue weighted by molar-refractivity contribution is 6.45. The summed E-state index contributed by atoms with van der Waals surface area (Å²) in [5.41, 5.74) is 0.579. The van der Waals surface area contributed by atoms with Crippen LogP contribution >= 0.6 is 23.2 Å². The number of benzene rings is 2. The van der Waals surface area contributed by atoms with Gasteiger partial charge in [0.15, 0.2) is 0 Å². The zero-order chi connectivity index (χ0) is 19.5. The van der Waals surface area contributed by atoms with Crippen molar-refractivity contribution >= 4 is 40.5 Å². The number of hydrogen-bond acceptors (Lipinski definition) is 4. The number of amides is 1. The number of nitrogens with one attached hydrogen (secondary N) is 3. The third-order valence-corrected chi connectivity index (χ3v) is 4.05. The van der Waals surface area contributed by atoms with Gasteiger partial charge in [0.05, 0.1) is 5.56 Å². The number of hydrazine groups is 1. The van der Waals surface area contributed by atoms with E-state index in [0.29, 0.717) is 21.7 Å². The molecular formula is C16H13Cl2F3N4O. The van der Waals surface area contributed by atoms with Gasteiger partial charge in [-0.25, -0.2) is 5.84 Å². The summed E-state index contributed by atoms with van der Waals surface area (Å²) in [6.45, 7) is 0.145. The first-order chi connectivity index (χ1) is 12.1. The Morgan fingerprint density at radius 2 is 1.85 bits per heavy atom. The van der Waals surface area contributed by atoms with E-state index in [9.17, 15) is 18.0 Å². The van der Waals surface area contributed by atoms with Crippen molar-refractivity contribution in [3.8, 4) is 0 Å². The zero-order valence-corrected chi connectivity index (χ0v) is 14.6. The molecule has 0 atom stereocenters. The highest BCUT2D eigenvalue weighted by Crippen LogP contribution is 2.32. The van der Waals surface area contributed by atoms with Crippen molar-refractivity contribution in [2.75, 3.05) is 5.32 Å². The van der Waals surface area contributed by atoms with Crippen LogP contribution in [0.15, 0.2) is 36.4 Å². The van der Waals surface area contributed by atoms with Gasteiger partial charge in [-0.2, -0.15) is 13.2 Å². The molecule has 2 aromatic carbocycles. The summed E-state index contributed by atoms with van der Waals surface area (Å²) in [7, 11) is 0. The van der Waals surface area contributed by atoms with Gasteiger partial charge in [-0.05, 0) is 35.9 Å². The molecule has 0 aliphatic heterocycles. The molecule has 0 aliphatic carbocycles. The lowest BCUT2D eigenvalue weighted by molar-refractivity contribution is -0.137. The molecule has 0 saturated heterocycles. The Morgan fingerprint density at radius 3 is 2.42 bits per heavy atom. The molecule has 5 nitrogen and oxygen atoms in total. The molecule has 0 aliphatic rings. The molecule has 0 saturated carbocycles. The molecule has 0 spiro atoms. The summed E-state index contributed by atoms with van der Waals surface area (Å²) in [4.78, 5) is 11.6. The minimum Gasteiger partial charge on any atom is -0.380 e. The van der Waals surface area contributed by atoms with E-state index in [1.165, 1.54) is 6.07 Å². The van der Waals surface area contributed by atoms with Crippen molar-refractivity contribution in [3.05, 3.63) is 63.1 Å². The average Bonchev–Trinajstić information content (AvgIpc) is 2.58. The third-order valence-electron chi connectivity index (χ3n) is 3.46. The summed E-state index contributed by atoms with van der Waals surface area (Å²) < 4.78 is 38.8. The molecule has 0 radical (unpaired) electrons. The van der Waals surface area contributed by atoms with Crippen molar-refractivity contribution in [2.24, 2.45) is 5.84 Å². The molecule has 0 heterocycles. The van der Waals surface area contributed by atoms with Crippen LogP contribution in [-0.2, 0) is 17.5 Å². The van der Waals surface area contributed by atoms with Crippen molar-refractivity contribution in [1.29, 1.82) is 5.41 Å². The third kappa shape index (κ3) is 4.66. The molecular weight excluding hydrogens is 392 g/mol. The number of carbonyl (C=O) groups is 1. The molecule has 0 bridgehead atoms. The molecule has 2 aromatic rings.